The summed E-state index contributed by atoms with van der Waals surface area (Å²) in [6.07, 6.45) is 5.06. The van der Waals surface area contributed by atoms with Crippen molar-refractivity contribution in [1.82, 2.24) is 25.0 Å². The molecule has 3 aromatic rings. The molecule has 8 nitrogen and oxygen atoms in total. The van der Waals surface area contributed by atoms with Crippen molar-refractivity contribution in [2.75, 3.05) is 25.0 Å². The van der Waals surface area contributed by atoms with Gasteiger partial charge in [-0.2, -0.15) is 4.98 Å². The van der Waals surface area contributed by atoms with Gasteiger partial charge in [0, 0.05) is 42.6 Å². The van der Waals surface area contributed by atoms with Crippen LogP contribution in [0, 0.1) is 0 Å². The smallest absolute Gasteiger partial charge is 0.240 e. The van der Waals surface area contributed by atoms with Gasteiger partial charge in [-0.15, -0.1) is 11.3 Å². The molecule has 0 spiro atoms. The number of amides is 1. The van der Waals surface area contributed by atoms with Crippen LogP contribution in [0.2, 0.25) is 0 Å². The van der Waals surface area contributed by atoms with Crippen LogP contribution in [-0.2, 0) is 4.79 Å². The van der Waals surface area contributed by atoms with Crippen LogP contribution in [0.1, 0.15) is 11.8 Å². The molecular formula is C15H14N6O2S. The van der Waals surface area contributed by atoms with Gasteiger partial charge in [-0.25, -0.2) is 4.98 Å². The third kappa shape index (κ3) is 3.17. The predicted octanol–water partition coefficient (Wildman–Crippen LogP) is 1.63. The fraction of sp³-hybridized carbons (Fsp3) is 0.267. The second kappa shape index (κ2) is 6.46. The molecule has 0 unspecified atom stereocenters. The molecule has 4 rings (SSSR count). The normalized spacial score (nSPS) is 15.2. The minimum Gasteiger partial charge on any atom is -0.339 e. The Morgan fingerprint density at radius 2 is 2.33 bits per heavy atom. The van der Waals surface area contributed by atoms with Gasteiger partial charge < -0.3 is 9.84 Å². The minimum absolute atomic E-state index is 0.0648. The van der Waals surface area contributed by atoms with Gasteiger partial charge in [0.15, 0.2) is 5.13 Å². The second-order valence-corrected chi connectivity index (χ2v) is 6.37. The van der Waals surface area contributed by atoms with Crippen molar-refractivity contribution in [1.29, 1.82) is 0 Å². The Bertz CT molecular complexity index is 814. The highest BCUT2D eigenvalue weighted by molar-refractivity contribution is 7.13. The number of nitrogens with zero attached hydrogens (tertiary/aromatic N) is 5. The molecule has 9 heteroatoms. The Hall–Kier alpha value is -2.65. The Morgan fingerprint density at radius 1 is 1.42 bits per heavy atom. The third-order valence-electron chi connectivity index (χ3n) is 3.71. The van der Waals surface area contributed by atoms with E-state index in [1.807, 2.05) is 22.4 Å². The van der Waals surface area contributed by atoms with Crippen LogP contribution in [0.3, 0.4) is 0 Å². The molecule has 0 saturated carbocycles. The number of carbonyl (C=O) groups excluding carboxylic acids is 1. The first-order valence-corrected chi connectivity index (χ1v) is 8.31. The van der Waals surface area contributed by atoms with Crippen molar-refractivity contribution in [2.45, 2.75) is 5.92 Å². The molecule has 1 aliphatic heterocycles. The Balaban J connectivity index is 1.30. The van der Waals surface area contributed by atoms with Crippen LogP contribution >= 0.6 is 11.3 Å². The lowest BCUT2D eigenvalue weighted by Gasteiger charge is -2.36. The zero-order chi connectivity index (χ0) is 16.4. The number of anilines is 1. The number of nitrogens with one attached hydrogen (secondary N) is 1. The number of hydrogen-bond acceptors (Lipinski definition) is 8. The molecule has 1 amide bonds. The van der Waals surface area contributed by atoms with Crippen LogP contribution in [-0.4, -0.2) is 50.5 Å². The van der Waals surface area contributed by atoms with Gasteiger partial charge in [-0.3, -0.25) is 14.7 Å². The highest BCUT2D eigenvalue weighted by atomic mass is 32.1. The molecule has 3 aromatic heterocycles. The predicted molar refractivity (Wildman–Crippen MR) is 87.5 cm³/mol. The average Bonchev–Trinajstić information content (AvgIpc) is 3.23. The average molecular weight is 342 g/mol. The standard InChI is InChI=1S/C15H14N6O2S/c22-12(18-15-17-4-5-24-15)9-21-7-11(8-21)14-19-13(20-23-14)10-2-1-3-16-6-10/h1-6,11H,7-9H2,(H,17,18,22). The molecule has 0 atom stereocenters. The van der Waals surface area contributed by atoms with Crippen molar-refractivity contribution in [3.05, 3.63) is 42.0 Å². The van der Waals surface area contributed by atoms with Crippen molar-refractivity contribution in [2.24, 2.45) is 0 Å². The second-order valence-electron chi connectivity index (χ2n) is 5.47. The van der Waals surface area contributed by atoms with Gasteiger partial charge in [0.2, 0.25) is 17.6 Å². The Morgan fingerprint density at radius 3 is 3.08 bits per heavy atom. The maximum absolute atomic E-state index is 11.9. The monoisotopic (exact) mass is 342 g/mol. The van der Waals surface area contributed by atoms with E-state index in [9.17, 15) is 4.79 Å². The van der Waals surface area contributed by atoms with Crippen LogP contribution < -0.4 is 5.32 Å². The molecule has 24 heavy (non-hydrogen) atoms. The number of carbonyl (C=O) groups is 1. The summed E-state index contributed by atoms with van der Waals surface area (Å²) in [5, 5.41) is 9.21. The highest BCUT2D eigenvalue weighted by Gasteiger charge is 2.33. The van der Waals surface area contributed by atoms with Crippen molar-refractivity contribution >= 4 is 22.4 Å². The summed E-state index contributed by atoms with van der Waals surface area (Å²) in [6, 6.07) is 3.72. The first-order chi connectivity index (χ1) is 11.8. The molecule has 1 aliphatic rings. The van der Waals surface area contributed by atoms with Crippen LogP contribution in [0.4, 0.5) is 5.13 Å². The van der Waals surface area contributed by atoms with E-state index in [-0.39, 0.29) is 11.8 Å². The van der Waals surface area contributed by atoms with E-state index in [0.29, 0.717) is 23.4 Å². The van der Waals surface area contributed by atoms with Gasteiger partial charge in [0.1, 0.15) is 0 Å². The van der Waals surface area contributed by atoms with Gasteiger partial charge in [-0.1, -0.05) is 5.16 Å². The minimum atomic E-state index is -0.0648. The van der Waals surface area contributed by atoms with Crippen molar-refractivity contribution in [3.63, 3.8) is 0 Å². The summed E-state index contributed by atoms with van der Waals surface area (Å²) in [4.78, 5) is 26.4. The molecule has 4 heterocycles. The summed E-state index contributed by atoms with van der Waals surface area (Å²) in [5.74, 6) is 1.24. The number of thiazole rings is 1. The van der Waals surface area contributed by atoms with E-state index in [2.05, 4.69) is 25.4 Å². The Kier molecular flexibility index (Phi) is 4.01. The van der Waals surface area contributed by atoms with Gasteiger partial charge in [-0.05, 0) is 12.1 Å². The first-order valence-electron chi connectivity index (χ1n) is 7.43. The van der Waals surface area contributed by atoms with E-state index >= 15 is 0 Å². The summed E-state index contributed by atoms with van der Waals surface area (Å²) in [6.45, 7) is 1.78. The van der Waals surface area contributed by atoms with Crippen molar-refractivity contribution in [3.8, 4) is 11.4 Å². The number of pyridine rings is 1. The molecule has 122 valence electrons. The summed E-state index contributed by atoms with van der Waals surface area (Å²) in [7, 11) is 0. The first kappa shape index (κ1) is 14.9. The molecular weight excluding hydrogens is 328 g/mol. The number of hydrogen-bond donors (Lipinski definition) is 1. The quantitative estimate of drug-likeness (QED) is 0.752. The lowest BCUT2D eigenvalue weighted by Crippen LogP contribution is -2.48. The lowest BCUT2D eigenvalue weighted by atomic mass is 10.0. The van der Waals surface area contributed by atoms with Crippen molar-refractivity contribution < 1.29 is 9.32 Å². The Labute approximate surface area is 141 Å². The number of likely N-dealkylation sites (tertiary alicyclic amines) is 1. The van der Waals surface area contributed by atoms with E-state index in [4.69, 9.17) is 4.52 Å². The molecule has 1 saturated heterocycles. The zero-order valence-electron chi connectivity index (χ0n) is 12.6. The maximum Gasteiger partial charge on any atom is 0.240 e. The number of aromatic nitrogens is 4. The number of rotatable bonds is 5. The topological polar surface area (TPSA) is 97.0 Å². The van der Waals surface area contributed by atoms with E-state index in [0.717, 1.165) is 18.7 Å². The summed E-state index contributed by atoms with van der Waals surface area (Å²) < 4.78 is 5.34. The van der Waals surface area contributed by atoms with E-state index in [1.54, 1.807) is 18.6 Å². The largest absolute Gasteiger partial charge is 0.339 e. The zero-order valence-corrected chi connectivity index (χ0v) is 13.4. The molecule has 0 bridgehead atoms. The third-order valence-corrected chi connectivity index (χ3v) is 4.40. The fourth-order valence-electron chi connectivity index (χ4n) is 2.52. The van der Waals surface area contributed by atoms with Crippen LogP contribution in [0.15, 0.2) is 40.6 Å². The van der Waals surface area contributed by atoms with E-state index < -0.39 is 0 Å². The van der Waals surface area contributed by atoms with Crippen LogP contribution in [0.25, 0.3) is 11.4 Å². The van der Waals surface area contributed by atoms with Crippen LogP contribution in [0.5, 0.6) is 0 Å². The molecule has 1 fully saturated rings. The molecule has 1 N–H and O–H groups in total. The lowest BCUT2D eigenvalue weighted by molar-refractivity contribution is -0.118. The molecule has 0 aliphatic carbocycles. The van der Waals surface area contributed by atoms with Gasteiger partial charge in [0.25, 0.3) is 0 Å². The summed E-state index contributed by atoms with van der Waals surface area (Å²) in [5.41, 5.74) is 0.825. The fourth-order valence-corrected chi connectivity index (χ4v) is 3.06. The molecule has 0 aromatic carbocycles. The highest BCUT2D eigenvalue weighted by Crippen LogP contribution is 2.27. The SMILES string of the molecule is O=C(CN1CC(c2nc(-c3cccnc3)no2)C1)Nc1nccs1. The van der Waals surface area contributed by atoms with E-state index in [1.165, 1.54) is 11.3 Å². The van der Waals surface area contributed by atoms with Gasteiger partial charge >= 0.3 is 0 Å². The van der Waals surface area contributed by atoms with Gasteiger partial charge in [0.05, 0.1) is 12.5 Å². The maximum atomic E-state index is 11.9. The summed E-state index contributed by atoms with van der Waals surface area (Å²) >= 11 is 1.40. The molecule has 0 radical (unpaired) electrons.